The number of carbonyl (C=O) groups is 1. The molecular weight excluding hydrogens is 354 g/mol. The number of H-pyrrole nitrogens is 1. The Morgan fingerprint density at radius 1 is 1.31 bits per heavy atom. The molecule has 0 atom stereocenters. The van der Waals surface area contributed by atoms with Crippen molar-refractivity contribution in [1.82, 2.24) is 40.9 Å². The zero-order valence-corrected chi connectivity index (χ0v) is 14.2. The third-order valence-electron chi connectivity index (χ3n) is 3.62. The first-order chi connectivity index (χ1) is 12.7. The van der Waals surface area contributed by atoms with E-state index in [0.29, 0.717) is 46.1 Å². The fourth-order valence-corrected chi connectivity index (χ4v) is 3.34. The van der Waals surface area contributed by atoms with E-state index < -0.39 is 0 Å². The molecule has 4 rings (SSSR count). The molecule has 0 saturated carbocycles. The van der Waals surface area contributed by atoms with Gasteiger partial charge in [-0.1, -0.05) is 11.3 Å². The van der Waals surface area contributed by atoms with E-state index in [4.69, 9.17) is 5.73 Å². The molecule has 4 heterocycles. The second kappa shape index (κ2) is 6.80. The summed E-state index contributed by atoms with van der Waals surface area (Å²) in [6.07, 6.45) is 2.14. The molecule has 1 amide bonds. The van der Waals surface area contributed by atoms with Crippen molar-refractivity contribution in [2.45, 2.75) is 6.42 Å². The van der Waals surface area contributed by atoms with Crippen molar-refractivity contribution in [3.8, 4) is 11.5 Å². The van der Waals surface area contributed by atoms with E-state index in [2.05, 4.69) is 40.9 Å². The van der Waals surface area contributed by atoms with Gasteiger partial charge >= 0.3 is 0 Å². The maximum Gasteiger partial charge on any atom is 0.252 e. The molecule has 0 radical (unpaired) electrons. The van der Waals surface area contributed by atoms with Gasteiger partial charge in [0.1, 0.15) is 16.3 Å². The smallest absolute Gasteiger partial charge is 0.252 e. The van der Waals surface area contributed by atoms with E-state index in [1.807, 2.05) is 12.1 Å². The molecule has 130 valence electrons. The number of aromatic nitrogens is 7. The predicted molar refractivity (Wildman–Crippen MR) is 95.3 cm³/mol. The summed E-state index contributed by atoms with van der Waals surface area (Å²) in [6, 6.07) is 5.47. The first-order valence-electron chi connectivity index (χ1n) is 7.69. The van der Waals surface area contributed by atoms with E-state index in [-0.39, 0.29) is 11.7 Å². The Morgan fingerprint density at radius 3 is 3.00 bits per heavy atom. The number of hydrogen-bond acceptors (Lipinski definition) is 9. The topological polar surface area (TPSA) is 148 Å². The fourth-order valence-electron chi connectivity index (χ4n) is 2.42. The van der Waals surface area contributed by atoms with Gasteiger partial charge in [0.2, 0.25) is 0 Å². The summed E-state index contributed by atoms with van der Waals surface area (Å²) in [7, 11) is 0. The minimum atomic E-state index is -0.249. The standard InChI is InChI=1S/C15H13N9OS/c16-12-11-8(14(25)18-6-4-10-21-23-24-22-10)7-26-15(11)20-13(19-12)9-3-1-2-5-17-9/h1-3,5,7H,4,6H2,(H,18,25)(H2,16,19,20)(H,21,22,23,24). The first kappa shape index (κ1) is 16.0. The molecule has 0 unspecified atom stereocenters. The van der Waals surface area contributed by atoms with Crippen LogP contribution in [0.2, 0.25) is 0 Å². The van der Waals surface area contributed by atoms with E-state index >= 15 is 0 Å². The van der Waals surface area contributed by atoms with Crippen molar-refractivity contribution in [2.24, 2.45) is 0 Å². The van der Waals surface area contributed by atoms with E-state index in [1.165, 1.54) is 11.3 Å². The maximum absolute atomic E-state index is 12.5. The van der Waals surface area contributed by atoms with E-state index in [9.17, 15) is 4.79 Å². The number of nitrogens with two attached hydrogens (primary N) is 1. The summed E-state index contributed by atoms with van der Waals surface area (Å²) < 4.78 is 0. The van der Waals surface area contributed by atoms with Crippen LogP contribution in [0, 0.1) is 0 Å². The second-order valence-electron chi connectivity index (χ2n) is 5.31. The lowest BCUT2D eigenvalue weighted by molar-refractivity contribution is 0.0956. The Hall–Kier alpha value is -3.47. The summed E-state index contributed by atoms with van der Waals surface area (Å²) in [5.41, 5.74) is 7.17. The molecule has 4 aromatic heterocycles. The molecule has 0 aromatic carbocycles. The molecule has 0 bridgehead atoms. The van der Waals surface area contributed by atoms with Gasteiger partial charge in [0, 0.05) is 24.5 Å². The number of nitrogens with zero attached hydrogens (tertiary/aromatic N) is 6. The number of thiophene rings is 1. The molecule has 0 aliphatic heterocycles. The molecule has 4 aromatic rings. The van der Waals surface area contributed by atoms with Crippen LogP contribution in [-0.4, -0.2) is 48.0 Å². The van der Waals surface area contributed by atoms with Gasteiger partial charge in [0.15, 0.2) is 11.6 Å². The normalized spacial score (nSPS) is 10.9. The lowest BCUT2D eigenvalue weighted by atomic mass is 10.2. The molecule has 11 heteroatoms. The third kappa shape index (κ3) is 3.07. The number of fused-ring (bicyclic) bond motifs is 1. The van der Waals surface area contributed by atoms with Crippen molar-refractivity contribution in [3.05, 3.63) is 41.2 Å². The molecule has 26 heavy (non-hydrogen) atoms. The van der Waals surface area contributed by atoms with Crippen LogP contribution in [-0.2, 0) is 6.42 Å². The molecule has 0 fully saturated rings. The molecule has 4 N–H and O–H groups in total. The third-order valence-corrected chi connectivity index (χ3v) is 4.50. The Labute approximate surface area is 150 Å². The lowest BCUT2D eigenvalue weighted by Gasteiger charge is -2.05. The van der Waals surface area contributed by atoms with Crippen LogP contribution in [0.3, 0.4) is 0 Å². The largest absolute Gasteiger partial charge is 0.383 e. The maximum atomic E-state index is 12.5. The number of nitrogens with one attached hydrogen (secondary N) is 2. The Kier molecular flexibility index (Phi) is 4.19. The van der Waals surface area contributed by atoms with Gasteiger partial charge in [-0.15, -0.1) is 21.5 Å². The predicted octanol–water partition coefficient (Wildman–Crippen LogP) is 0.821. The summed E-state index contributed by atoms with van der Waals surface area (Å²) >= 11 is 1.34. The number of amides is 1. The van der Waals surface area contributed by atoms with Crippen LogP contribution in [0.1, 0.15) is 16.2 Å². The van der Waals surface area contributed by atoms with E-state index in [0.717, 1.165) is 0 Å². The Bertz CT molecular complexity index is 1050. The average molecular weight is 367 g/mol. The van der Waals surface area contributed by atoms with Crippen LogP contribution in [0.25, 0.3) is 21.7 Å². The van der Waals surface area contributed by atoms with E-state index in [1.54, 1.807) is 17.6 Å². The second-order valence-corrected chi connectivity index (χ2v) is 6.17. The number of pyridine rings is 1. The van der Waals surface area contributed by atoms with Gasteiger partial charge < -0.3 is 11.1 Å². The molecule has 10 nitrogen and oxygen atoms in total. The van der Waals surface area contributed by atoms with Gasteiger partial charge in [0.25, 0.3) is 5.91 Å². The summed E-state index contributed by atoms with van der Waals surface area (Å²) in [5.74, 6) is 0.964. The zero-order valence-electron chi connectivity index (χ0n) is 13.4. The van der Waals surface area contributed by atoms with Crippen molar-refractivity contribution >= 4 is 33.3 Å². The zero-order chi connectivity index (χ0) is 17.9. The SMILES string of the molecule is Nc1nc(-c2ccccn2)nc2scc(C(=O)NCCc3nn[nH]n3)c12. The van der Waals surface area contributed by atoms with Crippen molar-refractivity contribution in [3.63, 3.8) is 0 Å². The molecule has 0 aliphatic rings. The van der Waals surface area contributed by atoms with Crippen molar-refractivity contribution in [1.29, 1.82) is 0 Å². The quantitative estimate of drug-likeness (QED) is 0.469. The molecule has 0 spiro atoms. The van der Waals surface area contributed by atoms with Crippen LogP contribution in [0.5, 0.6) is 0 Å². The highest BCUT2D eigenvalue weighted by Crippen LogP contribution is 2.30. The number of nitrogen functional groups attached to an aromatic ring is 1. The van der Waals surface area contributed by atoms with Crippen LogP contribution in [0.15, 0.2) is 29.8 Å². The van der Waals surface area contributed by atoms with Crippen molar-refractivity contribution in [2.75, 3.05) is 12.3 Å². The molecule has 0 saturated heterocycles. The van der Waals surface area contributed by atoms with Gasteiger partial charge in [-0.2, -0.15) is 5.21 Å². The Morgan fingerprint density at radius 2 is 2.23 bits per heavy atom. The molecule has 0 aliphatic carbocycles. The van der Waals surface area contributed by atoms with Gasteiger partial charge in [-0.25, -0.2) is 9.97 Å². The molecular formula is C15H13N9OS. The highest BCUT2D eigenvalue weighted by Gasteiger charge is 2.18. The highest BCUT2D eigenvalue weighted by molar-refractivity contribution is 7.17. The minimum Gasteiger partial charge on any atom is -0.383 e. The number of tetrazole rings is 1. The van der Waals surface area contributed by atoms with Crippen molar-refractivity contribution < 1.29 is 4.79 Å². The van der Waals surface area contributed by atoms with Crippen LogP contribution < -0.4 is 11.1 Å². The first-order valence-corrected chi connectivity index (χ1v) is 8.57. The van der Waals surface area contributed by atoms with Crippen LogP contribution >= 0.6 is 11.3 Å². The van der Waals surface area contributed by atoms with Crippen LogP contribution in [0.4, 0.5) is 5.82 Å². The number of carbonyl (C=O) groups excluding carboxylic acids is 1. The monoisotopic (exact) mass is 367 g/mol. The lowest BCUT2D eigenvalue weighted by Crippen LogP contribution is -2.26. The van der Waals surface area contributed by atoms with Gasteiger partial charge in [0.05, 0.1) is 10.9 Å². The minimum absolute atomic E-state index is 0.249. The number of aromatic amines is 1. The number of hydrogen-bond donors (Lipinski definition) is 3. The Balaban J connectivity index is 1.57. The van der Waals surface area contributed by atoms with Gasteiger partial charge in [-0.05, 0) is 12.1 Å². The highest BCUT2D eigenvalue weighted by atomic mass is 32.1. The summed E-state index contributed by atoms with van der Waals surface area (Å²) in [4.78, 5) is 26.1. The number of rotatable bonds is 5. The summed E-state index contributed by atoms with van der Waals surface area (Å²) in [6.45, 7) is 0.377. The summed E-state index contributed by atoms with van der Waals surface area (Å²) in [5, 5.41) is 18.6. The average Bonchev–Trinajstić information content (AvgIpc) is 3.32. The number of anilines is 1. The fraction of sp³-hybridized carbons (Fsp3) is 0.133. The van der Waals surface area contributed by atoms with Gasteiger partial charge in [-0.3, -0.25) is 9.78 Å².